The van der Waals surface area contributed by atoms with Crippen molar-refractivity contribution in [1.82, 2.24) is 10.6 Å². The van der Waals surface area contributed by atoms with Gasteiger partial charge in [0.2, 0.25) is 0 Å². The van der Waals surface area contributed by atoms with Crippen LogP contribution >= 0.6 is 0 Å². The van der Waals surface area contributed by atoms with E-state index in [0.717, 1.165) is 12.0 Å². The number of nitrogens with one attached hydrogen (secondary N) is 2. The maximum absolute atomic E-state index is 3.73. The van der Waals surface area contributed by atoms with Gasteiger partial charge in [0.05, 0.1) is 0 Å². The summed E-state index contributed by atoms with van der Waals surface area (Å²) >= 11 is 0. The van der Waals surface area contributed by atoms with Crippen LogP contribution < -0.4 is 10.6 Å². The van der Waals surface area contributed by atoms with Crippen LogP contribution in [-0.2, 0) is 0 Å². The number of piperidine rings is 1. The molecule has 0 aromatic heterocycles. The molecule has 16 heavy (non-hydrogen) atoms. The van der Waals surface area contributed by atoms with Gasteiger partial charge in [-0.05, 0) is 44.8 Å². The van der Waals surface area contributed by atoms with Crippen LogP contribution in [0, 0.1) is 5.92 Å². The Balaban J connectivity index is 2.06. The first-order chi connectivity index (χ1) is 7.86. The molecule has 2 nitrogen and oxygen atoms in total. The van der Waals surface area contributed by atoms with Crippen molar-refractivity contribution in [2.24, 2.45) is 5.92 Å². The highest BCUT2D eigenvalue weighted by atomic mass is 15.0. The normalized spacial score (nSPS) is 18.2. The van der Waals surface area contributed by atoms with E-state index in [1.54, 1.807) is 0 Å². The maximum atomic E-state index is 3.73. The molecule has 0 saturated carbocycles. The van der Waals surface area contributed by atoms with Gasteiger partial charge in [-0.15, -0.1) is 0 Å². The molecule has 0 amide bonds. The Labute approximate surface area is 102 Å². The molecule has 1 fully saturated rings. The third-order valence-electron chi connectivity index (χ3n) is 3.72. The Kier molecular flexibility index (Phi) is 7.87. The Hall–Kier alpha value is -0.0800. The predicted octanol–water partition coefficient (Wildman–Crippen LogP) is 2.93. The van der Waals surface area contributed by atoms with Gasteiger partial charge in [-0.3, -0.25) is 0 Å². The highest BCUT2D eigenvalue weighted by molar-refractivity contribution is 4.74. The molecule has 2 heteroatoms. The molecule has 1 saturated heterocycles. The van der Waals surface area contributed by atoms with Crippen LogP contribution in [-0.4, -0.2) is 25.7 Å². The second-order valence-electron chi connectivity index (χ2n) is 5.21. The maximum Gasteiger partial charge on any atom is 0.00912 e. The largest absolute Gasteiger partial charge is 0.317 e. The summed E-state index contributed by atoms with van der Waals surface area (Å²) < 4.78 is 0. The molecule has 0 aromatic rings. The fourth-order valence-corrected chi connectivity index (χ4v) is 2.77. The minimum atomic E-state index is 0.783. The zero-order valence-electron chi connectivity index (χ0n) is 11.2. The summed E-state index contributed by atoms with van der Waals surface area (Å²) in [5.41, 5.74) is 0. The van der Waals surface area contributed by atoms with Crippen LogP contribution in [0.2, 0.25) is 0 Å². The fourth-order valence-electron chi connectivity index (χ4n) is 2.77. The summed E-state index contributed by atoms with van der Waals surface area (Å²) in [5.74, 6) is 0.962. The van der Waals surface area contributed by atoms with E-state index >= 15 is 0 Å². The van der Waals surface area contributed by atoms with Gasteiger partial charge in [0.15, 0.2) is 0 Å². The smallest absolute Gasteiger partial charge is 0.00912 e. The minimum Gasteiger partial charge on any atom is -0.317 e. The van der Waals surface area contributed by atoms with Crippen molar-refractivity contribution in [1.29, 1.82) is 0 Å². The van der Waals surface area contributed by atoms with Gasteiger partial charge >= 0.3 is 0 Å². The Morgan fingerprint density at radius 1 is 1.06 bits per heavy atom. The van der Waals surface area contributed by atoms with Gasteiger partial charge in [-0.1, -0.05) is 39.5 Å². The van der Waals surface area contributed by atoms with Crippen LogP contribution in [0.15, 0.2) is 0 Å². The predicted molar refractivity (Wildman–Crippen MR) is 71.8 cm³/mol. The first-order valence-corrected chi connectivity index (χ1v) is 7.30. The van der Waals surface area contributed by atoms with Crippen LogP contribution in [0.3, 0.4) is 0 Å². The fraction of sp³-hybridized carbons (Fsp3) is 1.00. The lowest BCUT2D eigenvalue weighted by Crippen LogP contribution is -2.40. The molecule has 0 bridgehead atoms. The van der Waals surface area contributed by atoms with E-state index in [1.165, 1.54) is 64.6 Å². The second-order valence-corrected chi connectivity index (χ2v) is 5.21. The second kappa shape index (κ2) is 9.00. The lowest BCUT2D eigenvalue weighted by atomic mass is 9.94. The summed E-state index contributed by atoms with van der Waals surface area (Å²) in [6.45, 7) is 8.25. The summed E-state index contributed by atoms with van der Waals surface area (Å²) in [5, 5.41) is 7.14. The lowest BCUT2D eigenvalue weighted by Gasteiger charge is -2.25. The van der Waals surface area contributed by atoms with E-state index in [0.29, 0.717) is 0 Å². The molecule has 0 radical (unpaired) electrons. The average molecular weight is 226 g/mol. The lowest BCUT2D eigenvalue weighted by molar-refractivity contribution is 0.350. The highest BCUT2D eigenvalue weighted by Crippen LogP contribution is 2.17. The molecule has 1 rings (SSSR count). The Morgan fingerprint density at radius 3 is 2.25 bits per heavy atom. The Morgan fingerprint density at radius 2 is 1.69 bits per heavy atom. The molecule has 1 heterocycles. The van der Waals surface area contributed by atoms with Crippen molar-refractivity contribution in [3.63, 3.8) is 0 Å². The highest BCUT2D eigenvalue weighted by Gasteiger charge is 2.12. The van der Waals surface area contributed by atoms with Crippen molar-refractivity contribution >= 4 is 0 Å². The zero-order valence-corrected chi connectivity index (χ0v) is 11.2. The van der Waals surface area contributed by atoms with Gasteiger partial charge in [0.1, 0.15) is 0 Å². The van der Waals surface area contributed by atoms with Gasteiger partial charge in [-0.2, -0.15) is 0 Å². The molecule has 96 valence electrons. The van der Waals surface area contributed by atoms with Crippen LogP contribution in [0.1, 0.15) is 58.8 Å². The van der Waals surface area contributed by atoms with E-state index in [9.17, 15) is 0 Å². The molecule has 1 aliphatic rings. The first-order valence-electron chi connectivity index (χ1n) is 7.30. The van der Waals surface area contributed by atoms with Crippen LogP contribution in [0.4, 0.5) is 0 Å². The molecular weight excluding hydrogens is 196 g/mol. The average Bonchev–Trinajstić information content (AvgIpc) is 2.31. The molecule has 0 spiro atoms. The van der Waals surface area contributed by atoms with Crippen LogP contribution in [0.25, 0.3) is 0 Å². The van der Waals surface area contributed by atoms with Gasteiger partial charge < -0.3 is 10.6 Å². The standard InChI is InChI=1S/C14H30N2/c1-3-5-13(6-4-2)7-12-16-14-8-10-15-11-9-14/h13-16H,3-12H2,1-2H3. The summed E-state index contributed by atoms with van der Waals surface area (Å²) in [6, 6.07) is 0.783. The van der Waals surface area contributed by atoms with E-state index < -0.39 is 0 Å². The van der Waals surface area contributed by atoms with Crippen molar-refractivity contribution in [3.8, 4) is 0 Å². The van der Waals surface area contributed by atoms with Crippen molar-refractivity contribution in [3.05, 3.63) is 0 Å². The summed E-state index contributed by atoms with van der Waals surface area (Å²) in [4.78, 5) is 0. The molecule has 2 N–H and O–H groups in total. The quantitative estimate of drug-likeness (QED) is 0.665. The third kappa shape index (κ3) is 5.86. The van der Waals surface area contributed by atoms with E-state index in [2.05, 4.69) is 24.5 Å². The number of hydrogen-bond acceptors (Lipinski definition) is 2. The van der Waals surface area contributed by atoms with Crippen molar-refractivity contribution in [2.45, 2.75) is 64.8 Å². The molecular formula is C14H30N2. The summed E-state index contributed by atoms with van der Waals surface area (Å²) in [7, 11) is 0. The van der Waals surface area contributed by atoms with Gasteiger partial charge in [-0.25, -0.2) is 0 Å². The van der Waals surface area contributed by atoms with Gasteiger partial charge in [0.25, 0.3) is 0 Å². The number of hydrogen-bond donors (Lipinski definition) is 2. The SMILES string of the molecule is CCCC(CCC)CCNC1CCNCC1. The van der Waals surface area contributed by atoms with Crippen LogP contribution in [0.5, 0.6) is 0 Å². The van der Waals surface area contributed by atoms with E-state index in [1.807, 2.05) is 0 Å². The molecule has 0 atom stereocenters. The minimum absolute atomic E-state index is 0.783. The Bertz CT molecular complexity index is 147. The topological polar surface area (TPSA) is 24.1 Å². The van der Waals surface area contributed by atoms with Gasteiger partial charge in [0, 0.05) is 6.04 Å². The van der Waals surface area contributed by atoms with Crippen molar-refractivity contribution in [2.75, 3.05) is 19.6 Å². The number of rotatable bonds is 8. The first kappa shape index (κ1) is 14.0. The van der Waals surface area contributed by atoms with E-state index in [-0.39, 0.29) is 0 Å². The molecule has 0 unspecified atom stereocenters. The van der Waals surface area contributed by atoms with E-state index in [4.69, 9.17) is 0 Å². The third-order valence-corrected chi connectivity index (χ3v) is 3.72. The summed E-state index contributed by atoms with van der Waals surface area (Å²) in [6.07, 6.45) is 9.53. The molecule has 0 aliphatic carbocycles. The monoisotopic (exact) mass is 226 g/mol. The molecule has 0 aromatic carbocycles. The zero-order chi connectivity index (χ0) is 11.6. The van der Waals surface area contributed by atoms with Crippen molar-refractivity contribution < 1.29 is 0 Å². The molecule has 1 aliphatic heterocycles.